The highest BCUT2D eigenvalue weighted by atomic mass is 35.5. The molecule has 1 nitrogen and oxygen atoms in total. The van der Waals surface area contributed by atoms with Crippen LogP contribution in [0.5, 0.6) is 0 Å². The van der Waals surface area contributed by atoms with Crippen LogP contribution in [0.4, 0.5) is 18.9 Å². The van der Waals surface area contributed by atoms with Crippen LogP contribution in [0.25, 0.3) is 0 Å². The van der Waals surface area contributed by atoms with Gasteiger partial charge in [-0.1, -0.05) is 29.8 Å². The molecule has 0 unspecified atom stereocenters. The molecule has 0 aliphatic heterocycles. The number of rotatable bonds is 3. The van der Waals surface area contributed by atoms with Gasteiger partial charge in [0.1, 0.15) is 0 Å². The number of hydrogen-bond acceptors (Lipinski definition) is 1. The van der Waals surface area contributed by atoms with Gasteiger partial charge in [0.25, 0.3) is 0 Å². The van der Waals surface area contributed by atoms with Crippen LogP contribution in [0.1, 0.15) is 11.1 Å². The lowest BCUT2D eigenvalue weighted by Gasteiger charge is -2.10. The Morgan fingerprint density at radius 1 is 1.00 bits per heavy atom. The molecule has 0 atom stereocenters. The van der Waals surface area contributed by atoms with Gasteiger partial charge in [-0.2, -0.15) is 13.2 Å². The van der Waals surface area contributed by atoms with Crippen molar-refractivity contribution in [2.24, 2.45) is 0 Å². The smallest absolute Gasteiger partial charge is 0.381 e. The van der Waals surface area contributed by atoms with E-state index in [-0.39, 0.29) is 0 Å². The van der Waals surface area contributed by atoms with Gasteiger partial charge in [0.05, 0.1) is 5.56 Å². The zero-order valence-corrected chi connectivity index (χ0v) is 10.6. The fourth-order valence-electron chi connectivity index (χ4n) is 1.61. The number of halogens is 4. The molecule has 1 N–H and O–H groups in total. The lowest BCUT2D eigenvalue weighted by Crippen LogP contribution is -2.06. The van der Waals surface area contributed by atoms with Gasteiger partial charge in [-0.3, -0.25) is 0 Å². The number of benzene rings is 2. The number of alkyl halides is 3. The van der Waals surface area contributed by atoms with Gasteiger partial charge < -0.3 is 5.32 Å². The van der Waals surface area contributed by atoms with E-state index in [0.29, 0.717) is 17.3 Å². The van der Waals surface area contributed by atoms with Gasteiger partial charge in [-0.25, -0.2) is 0 Å². The minimum atomic E-state index is -4.32. The summed E-state index contributed by atoms with van der Waals surface area (Å²) in [6, 6.07) is 12.3. The van der Waals surface area contributed by atoms with Gasteiger partial charge in [0.2, 0.25) is 0 Å². The maximum Gasteiger partial charge on any atom is 0.416 e. The van der Waals surface area contributed by atoms with Crippen molar-refractivity contribution in [2.75, 3.05) is 5.32 Å². The predicted octanol–water partition coefficient (Wildman–Crippen LogP) is 4.97. The molecule has 0 bridgehead atoms. The summed E-state index contributed by atoms with van der Waals surface area (Å²) in [7, 11) is 0. The van der Waals surface area contributed by atoms with Gasteiger partial charge >= 0.3 is 6.18 Å². The molecule has 2 aromatic rings. The second-order valence-corrected chi connectivity index (χ2v) is 4.50. The summed E-state index contributed by atoms with van der Waals surface area (Å²) >= 11 is 5.75. The minimum absolute atomic E-state index is 0.435. The summed E-state index contributed by atoms with van der Waals surface area (Å²) in [6.45, 7) is 0.443. The Kier molecular flexibility index (Phi) is 4.00. The quantitative estimate of drug-likeness (QED) is 0.839. The van der Waals surface area contributed by atoms with Crippen LogP contribution in [0, 0.1) is 0 Å². The van der Waals surface area contributed by atoms with E-state index in [2.05, 4.69) is 5.32 Å². The molecule has 0 amide bonds. The van der Waals surface area contributed by atoms with Crippen LogP contribution in [-0.2, 0) is 12.7 Å². The van der Waals surface area contributed by atoms with E-state index in [1.165, 1.54) is 6.07 Å². The van der Waals surface area contributed by atoms with Crippen molar-refractivity contribution < 1.29 is 13.2 Å². The van der Waals surface area contributed by atoms with Crippen LogP contribution in [0.3, 0.4) is 0 Å². The second-order valence-electron chi connectivity index (χ2n) is 4.06. The van der Waals surface area contributed by atoms with Crippen molar-refractivity contribution in [3.63, 3.8) is 0 Å². The van der Waals surface area contributed by atoms with Crippen LogP contribution in [0.2, 0.25) is 5.02 Å². The van der Waals surface area contributed by atoms with Crippen LogP contribution >= 0.6 is 11.6 Å². The van der Waals surface area contributed by atoms with E-state index in [1.807, 2.05) is 12.1 Å². The van der Waals surface area contributed by atoms with Crippen molar-refractivity contribution in [3.05, 3.63) is 64.7 Å². The molecule has 0 spiro atoms. The summed E-state index contributed by atoms with van der Waals surface area (Å²) in [5.41, 5.74) is 0.722. The molecule has 0 saturated carbocycles. The first kappa shape index (κ1) is 13.7. The van der Waals surface area contributed by atoms with E-state index >= 15 is 0 Å². The Hall–Kier alpha value is -1.68. The van der Waals surface area contributed by atoms with E-state index in [4.69, 9.17) is 11.6 Å². The molecule has 0 radical (unpaired) electrons. The summed E-state index contributed by atoms with van der Waals surface area (Å²) in [6.07, 6.45) is -4.32. The maximum atomic E-state index is 12.5. The molecule has 0 fully saturated rings. The van der Waals surface area contributed by atoms with Gasteiger partial charge in [0, 0.05) is 17.3 Å². The fourth-order valence-corrected chi connectivity index (χ4v) is 1.74. The van der Waals surface area contributed by atoms with E-state index < -0.39 is 11.7 Å². The average molecular weight is 286 g/mol. The number of nitrogens with one attached hydrogen (secondary N) is 1. The topological polar surface area (TPSA) is 12.0 Å². The second kappa shape index (κ2) is 5.53. The first-order valence-electron chi connectivity index (χ1n) is 5.61. The maximum absolute atomic E-state index is 12.5. The van der Waals surface area contributed by atoms with Crippen molar-refractivity contribution in [1.29, 1.82) is 0 Å². The predicted molar refractivity (Wildman–Crippen MR) is 70.2 cm³/mol. The van der Waals surface area contributed by atoms with Crippen LogP contribution in [-0.4, -0.2) is 0 Å². The SMILES string of the molecule is FC(F)(F)c1cccc(NCc2ccc(Cl)cc2)c1. The van der Waals surface area contributed by atoms with E-state index in [9.17, 15) is 13.2 Å². The third kappa shape index (κ3) is 3.89. The van der Waals surface area contributed by atoms with Gasteiger partial charge in [0.15, 0.2) is 0 Å². The van der Waals surface area contributed by atoms with Crippen molar-refractivity contribution in [1.82, 2.24) is 0 Å². The van der Waals surface area contributed by atoms with Crippen LogP contribution < -0.4 is 5.32 Å². The Labute approximate surface area is 114 Å². The average Bonchev–Trinajstić information content (AvgIpc) is 2.37. The third-order valence-corrected chi connectivity index (χ3v) is 2.85. The van der Waals surface area contributed by atoms with Gasteiger partial charge in [-0.15, -0.1) is 0 Å². The normalized spacial score (nSPS) is 11.4. The Morgan fingerprint density at radius 3 is 2.32 bits per heavy atom. The zero-order valence-electron chi connectivity index (χ0n) is 9.84. The molecule has 2 rings (SSSR count). The third-order valence-electron chi connectivity index (χ3n) is 2.60. The Bertz CT molecular complexity index is 549. The van der Waals surface area contributed by atoms with E-state index in [1.54, 1.807) is 18.2 Å². The molecule has 0 aromatic heterocycles. The molecule has 0 aliphatic carbocycles. The highest BCUT2D eigenvalue weighted by Gasteiger charge is 2.30. The summed E-state index contributed by atoms with van der Waals surface area (Å²) in [5.74, 6) is 0. The number of anilines is 1. The summed E-state index contributed by atoms with van der Waals surface area (Å²) in [5, 5.41) is 3.58. The fraction of sp³-hybridized carbons (Fsp3) is 0.143. The standard InChI is InChI=1S/C14H11ClF3N/c15-12-6-4-10(5-7-12)9-19-13-3-1-2-11(8-13)14(16,17)18/h1-8,19H,9H2. The summed E-state index contributed by atoms with van der Waals surface area (Å²) < 4.78 is 37.6. The Morgan fingerprint density at radius 2 is 1.68 bits per heavy atom. The van der Waals surface area contributed by atoms with Crippen LogP contribution in [0.15, 0.2) is 48.5 Å². The first-order chi connectivity index (χ1) is 8.95. The largest absolute Gasteiger partial charge is 0.416 e. The molecular weight excluding hydrogens is 275 g/mol. The van der Waals surface area contributed by atoms with Crippen molar-refractivity contribution in [3.8, 4) is 0 Å². The zero-order chi connectivity index (χ0) is 13.9. The molecule has 0 heterocycles. The van der Waals surface area contributed by atoms with Gasteiger partial charge in [-0.05, 0) is 35.9 Å². The summed E-state index contributed by atoms with van der Waals surface area (Å²) in [4.78, 5) is 0. The molecule has 5 heteroatoms. The highest BCUT2D eigenvalue weighted by Crippen LogP contribution is 2.30. The number of hydrogen-bond donors (Lipinski definition) is 1. The Balaban J connectivity index is 2.05. The van der Waals surface area contributed by atoms with Crippen molar-refractivity contribution >= 4 is 17.3 Å². The molecule has 0 aliphatic rings. The molecule has 0 saturated heterocycles. The van der Waals surface area contributed by atoms with E-state index in [0.717, 1.165) is 17.7 Å². The lowest BCUT2D eigenvalue weighted by atomic mass is 10.2. The molecular formula is C14H11ClF3N. The highest BCUT2D eigenvalue weighted by molar-refractivity contribution is 6.30. The van der Waals surface area contributed by atoms with Crippen molar-refractivity contribution in [2.45, 2.75) is 12.7 Å². The monoisotopic (exact) mass is 285 g/mol. The molecule has 2 aromatic carbocycles. The minimum Gasteiger partial charge on any atom is -0.381 e. The lowest BCUT2D eigenvalue weighted by molar-refractivity contribution is -0.137. The first-order valence-corrected chi connectivity index (χ1v) is 5.98. The molecule has 100 valence electrons. The molecule has 19 heavy (non-hydrogen) atoms.